The van der Waals surface area contributed by atoms with Crippen LogP contribution in [0.5, 0.6) is 5.75 Å². The average Bonchev–Trinajstić information content (AvgIpc) is 2.56. The summed E-state index contributed by atoms with van der Waals surface area (Å²) < 4.78 is 5.55. The van der Waals surface area contributed by atoms with Crippen molar-refractivity contribution in [1.82, 2.24) is 10.9 Å². The Hall–Kier alpha value is -2.82. The highest BCUT2D eigenvalue weighted by Crippen LogP contribution is 2.21. The Kier molecular flexibility index (Phi) is 6.17. The molecule has 2 aromatic carbocycles. The Morgan fingerprint density at radius 1 is 0.840 bits per heavy atom. The molecule has 0 aromatic heterocycles. The maximum atomic E-state index is 11.9. The second kappa shape index (κ2) is 8.33. The highest BCUT2D eigenvalue weighted by atomic mass is 16.5. The Balaban J connectivity index is 1.79. The SMILES string of the molecule is Cc1ccc(CC(=O)NNC(=O)COc2c(C)cccc2C)cc1C. The molecular formula is C20H24N2O3. The molecule has 5 nitrogen and oxygen atoms in total. The maximum absolute atomic E-state index is 11.9. The predicted octanol–water partition coefficient (Wildman–Crippen LogP) is 2.69. The van der Waals surface area contributed by atoms with E-state index in [1.165, 1.54) is 5.56 Å². The lowest BCUT2D eigenvalue weighted by atomic mass is 10.0. The van der Waals surface area contributed by atoms with E-state index in [1.54, 1.807) is 0 Å². The number of para-hydroxylation sites is 1. The van der Waals surface area contributed by atoms with Crippen molar-refractivity contribution in [2.45, 2.75) is 34.1 Å². The molecule has 0 spiro atoms. The standard InChI is InChI=1S/C20H24N2O3/c1-13-8-9-17(10-16(13)4)11-18(23)21-22-19(24)12-25-20-14(2)6-5-7-15(20)3/h5-10H,11-12H2,1-4H3,(H,21,23)(H,22,24). The van der Waals surface area contributed by atoms with Crippen molar-refractivity contribution in [3.05, 3.63) is 64.2 Å². The van der Waals surface area contributed by atoms with E-state index >= 15 is 0 Å². The summed E-state index contributed by atoms with van der Waals surface area (Å²) in [6.45, 7) is 7.71. The van der Waals surface area contributed by atoms with Crippen molar-refractivity contribution in [3.63, 3.8) is 0 Å². The van der Waals surface area contributed by atoms with E-state index in [0.717, 1.165) is 22.3 Å². The van der Waals surface area contributed by atoms with Crippen LogP contribution in [-0.2, 0) is 16.0 Å². The number of aryl methyl sites for hydroxylation is 4. The fraction of sp³-hybridized carbons (Fsp3) is 0.300. The van der Waals surface area contributed by atoms with Crippen LogP contribution in [0.2, 0.25) is 0 Å². The van der Waals surface area contributed by atoms with Gasteiger partial charge in [0.2, 0.25) is 5.91 Å². The molecule has 0 aliphatic rings. The first-order valence-corrected chi connectivity index (χ1v) is 8.19. The van der Waals surface area contributed by atoms with Crippen LogP contribution < -0.4 is 15.6 Å². The summed E-state index contributed by atoms with van der Waals surface area (Å²) >= 11 is 0. The maximum Gasteiger partial charge on any atom is 0.276 e. The van der Waals surface area contributed by atoms with Crippen LogP contribution >= 0.6 is 0 Å². The fourth-order valence-corrected chi connectivity index (χ4v) is 2.48. The number of hydrogen-bond donors (Lipinski definition) is 2. The van der Waals surface area contributed by atoms with E-state index in [2.05, 4.69) is 10.9 Å². The van der Waals surface area contributed by atoms with Crippen molar-refractivity contribution in [1.29, 1.82) is 0 Å². The summed E-state index contributed by atoms with van der Waals surface area (Å²) in [4.78, 5) is 23.8. The molecule has 0 fully saturated rings. The molecule has 25 heavy (non-hydrogen) atoms. The second-order valence-electron chi connectivity index (χ2n) is 6.20. The number of nitrogens with one attached hydrogen (secondary N) is 2. The largest absolute Gasteiger partial charge is 0.483 e. The quantitative estimate of drug-likeness (QED) is 0.823. The molecule has 0 unspecified atom stereocenters. The average molecular weight is 340 g/mol. The summed E-state index contributed by atoms with van der Waals surface area (Å²) in [5, 5.41) is 0. The lowest BCUT2D eigenvalue weighted by molar-refractivity contribution is -0.129. The summed E-state index contributed by atoms with van der Waals surface area (Å²) in [6.07, 6.45) is 0.207. The first-order valence-electron chi connectivity index (χ1n) is 8.19. The van der Waals surface area contributed by atoms with Gasteiger partial charge in [-0.1, -0.05) is 36.4 Å². The number of carbonyl (C=O) groups excluding carboxylic acids is 2. The van der Waals surface area contributed by atoms with Gasteiger partial charge in [-0.05, 0) is 55.5 Å². The van der Waals surface area contributed by atoms with E-state index < -0.39 is 5.91 Å². The zero-order chi connectivity index (χ0) is 18.4. The minimum Gasteiger partial charge on any atom is -0.483 e. The zero-order valence-electron chi connectivity index (χ0n) is 15.1. The number of hydrazine groups is 1. The third-order valence-corrected chi connectivity index (χ3v) is 4.03. The van der Waals surface area contributed by atoms with E-state index in [0.29, 0.717) is 5.75 Å². The summed E-state index contributed by atoms with van der Waals surface area (Å²) in [7, 11) is 0. The normalized spacial score (nSPS) is 10.2. The van der Waals surface area contributed by atoms with Crippen molar-refractivity contribution >= 4 is 11.8 Å². The van der Waals surface area contributed by atoms with Gasteiger partial charge in [0, 0.05) is 0 Å². The summed E-state index contributed by atoms with van der Waals surface area (Å²) in [6, 6.07) is 11.6. The number of benzene rings is 2. The molecule has 2 aromatic rings. The number of carbonyl (C=O) groups is 2. The van der Waals surface area contributed by atoms with Crippen molar-refractivity contribution in [2.75, 3.05) is 6.61 Å². The second-order valence-corrected chi connectivity index (χ2v) is 6.20. The third-order valence-electron chi connectivity index (χ3n) is 4.03. The summed E-state index contributed by atoms with van der Waals surface area (Å²) in [5.74, 6) is 0.0128. The van der Waals surface area contributed by atoms with Crippen molar-refractivity contribution in [3.8, 4) is 5.75 Å². The monoisotopic (exact) mass is 340 g/mol. The van der Waals surface area contributed by atoms with Crippen LogP contribution in [0.25, 0.3) is 0 Å². The van der Waals surface area contributed by atoms with E-state index in [-0.39, 0.29) is 18.9 Å². The number of amides is 2. The topological polar surface area (TPSA) is 67.4 Å². The van der Waals surface area contributed by atoms with Gasteiger partial charge in [-0.3, -0.25) is 20.4 Å². The molecule has 0 bridgehead atoms. The molecular weight excluding hydrogens is 316 g/mol. The molecule has 0 saturated carbocycles. The molecule has 0 radical (unpaired) electrons. The minimum atomic E-state index is -0.406. The van der Waals surface area contributed by atoms with Crippen LogP contribution in [-0.4, -0.2) is 18.4 Å². The van der Waals surface area contributed by atoms with Crippen LogP contribution in [0.4, 0.5) is 0 Å². The lowest BCUT2D eigenvalue weighted by Crippen LogP contribution is -2.44. The van der Waals surface area contributed by atoms with E-state index in [1.807, 2.05) is 64.1 Å². The number of hydrogen-bond acceptors (Lipinski definition) is 3. The van der Waals surface area contributed by atoms with Crippen LogP contribution in [0.3, 0.4) is 0 Å². The van der Waals surface area contributed by atoms with Crippen molar-refractivity contribution < 1.29 is 14.3 Å². The molecule has 0 heterocycles. The van der Waals surface area contributed by atoms with Gasteiger partial charge >= 0.3 is 0 Å². The van der Waals surface area contributed by atoms with Crippen molar-refractivity contribution in [2.24, 2.45) is 0 Å². The Bertz CT molecular complexity index is 764. The predicted molar refractivity (Wildman–Crippen MR) is 97.3 cm³/mol. The first-order chi connectivity index (χ1) is 11.9. The molecule has 5 heteroatoms. The zero-order valence-corrected chi connectivity index (χ0v) is 15.1. The van der Waals surface area contributed by atoms with E-state index in [9.17, 15) is 9.59 Å². The van der Waals surface area contributed by atoms with Gasteiger partial charge in [-0.25, -0.2) is 0 Å². The highest BCUT2D eigenvalue weighted by molar-refractivity contribution is 5.83. The van der Waals surface area contributed by atoms with Gasteiger partial charge in [0.05, 0.1) is 6.42 Å². The first kappa shape index (κ1) is 18.5. The smallest absolute Gasteiger partial charge is 0.276 e. The van der Waals surface area contributed by atoms with Gasteiger partial charge in [0.25, 0.3) is 5.91 Å². The number of ether oxygens (including phenoxy) is 1. The minimum absolute atomic E-state index is 0.157. The van der Waals surface area contributed by atoms with Crippen LogP contribution in [0, 0.1) is 27.7 Å². The lowest BCUT2D eigenvalue weighted by Gasteiger charge is -2.12. The molecule has 2 N–H and O–H groups in total. The third kappa shape index (κ3) is 5.35. The molecule has 0 saturated heterocycles. The highest BCUT2D eigenvalue weighted by Gasteiger charge is 2.09. The van der Waals surface area contributed by atoms with Gasteiger partial charge in [0.1, 0.15) is 5.75 Å². The Morgan fingerprint density at radius 3 is 2.12 bits per heavy atom. The number of rotatable bonds is 5. The summed E-state index contributed by atoms with van der Waals surface area (Å²) in [5.41, 5.74) is 9.94. The Labute approximate surface area is 148 Å². The van der Waals surface area contributed by atoms with Crippen LogP contribution in [0.1, 0.15) is 27.8 Å². The fourth-order valence-electron chi connectivity index (χ4n) is 2.48. The molecule has 0 aliphatic heterocycles. The molecule has 132 valence electrons. The van der Waals surface area contributed by atoms with Gasteiger partial charge in [-0.15, -0.1) is 0 Å². The van der Waals surface area contributed by atoms with Crippen LogP contribution in [0.15, 0.2) is 36.4 Å². The molecule has 2 rings (SSSR count). The van der Waals surface area contributed by atoms with Gasteiger partial charge < -0.3 is 4.74 Å². The Morgan fingerprint density at radius 2 is 1.48 bits per heavy atom. The molecule has 0 aliphatic carbocycles. The molecule has 0 atom stereocenters. The van der Waals surface area contributed by atoms with Gasteiger partial charge in [-0.2, -0.15) is 0 Å². The molecule has 2 amide bonds. The van der Waals surface area contributed by atoms with E-state index in [4.69, 9.17) is 4.74 Å². The van der Waals surface area contributed by atoms with Gasteiger partial charge in [0.15, 0.2) is 6.61 Å².